The minimum Gasteiger partial charge on any atom is -0.377 e. The van der Waals surface area contributed by atoms with Gasteiger partial charge in [-0.15, -0.1) is 6.58 Å². The zero-order chi connectivity index (χ0) is 9.23. The number of ether oxygens (including phenoxy) is 1. The van der Waals surface area contributed by atoms with E-state index in [0.29, 0.717) is 0 Å². The standard InChI is InChI=1S/C11H22O/c1-4-6-7-8-9-10-11(5-2)12-3/h5,11H,2,4,6-10H2,1,3H3/t11-/m1/s1. The maximum Gasteiger partial charge on any atom is 0.0749 e. The van der Waals surface area contributed by atoms with Crippen molar-refractivity contribution in [1.29, 1.82) is 0 Å². The van der Waals surface area contributed by atoms with E-state index in [1.54, 1.807) is 7.11 Å². The summed E-state index contributed by atoms with van der Waals surface area (Å²) in [5.41, 5.74) is 0. The van der Waals surface area contributed by atoms with Gasteiger partial charge < -0.3 is 4.74 Å². The van der Waals surface area contributed by atoms with Crippen LogP contribution in [0.4, 0.5) is 0 Å². The van der Waals surface area contributed by atoms with Gasteiger partial charge in [0.15, 0.2) is 0 Å². The van der Waals surface area contributed by atoms with Crippen molar-refractivity contribution in [2.45, 2.75) is 51.6 Å². The number of hydrogen-bond donors (Lipinski definition) is 0. The molecule has 0 aliphatic carbocycles. The van der Waals surface area contributed by atoms with E-state index in [1.807, 2.05) is 6.08 Å². The van der Waals surface area contributed by atoms with Gasteiger partial charge in [-0.05, 0) is 6.42 Å². The summed E-state index contributed by atoms with van der Waals surface area (Å²) in [7, 11) is 1.75. The molecule has 0 aromatic heterocycles. The van der Waals surface area contributed by atoms with E-state index in [4.69, 9.17) is 4.74 Å². The molecule has 0 amide bonds. The lowest BCUT2D eigenvalue weighted by atomic mass is 10.1. The largest absolute Gasteiger partial charge is 0.377 e. The number of hydrogen-bond acceptors (Lipinski definition) is 1. The Bertz CT molecular complexity index is 99.2. The highest BCUT2D eigenvalue weighted by Gasteiger charge is 1.99. The summed E-state index contributed by atoms with van der Waals surface area (Å²) < 4.78 is 5.19. The van der Waals surface area contributed by atoms with Crippen LogP contribution >= 0.6 is 0 Å². The Hall–Kier alpha value is -0.300. The van der Waals surface area contributed by atoms with Gasteiger partial charge in [0.2, 0.25) is 0 Å². The Morgan fingerprint density at radius 2 is 1.92 bits per heavy atom. The molecule has 1 heteroatoms. The zero-order valence-electron chi connectivity index (χ0n) is 8.51. The van der Waals surface area contributed by atoms with E-state index in [2.05, 4.69) is 13.5 Å². The fraction of sp³-hybridized carbons (Fsp3) is 0.818. The molecule has 0 saturated heterocycles. The van der Waals surface area contributed by atoms with Gasteiger partial charge in [0.05, 0.1) is 6.10 Å². The highest BCUT2D eigenvalue weighted by molar-refractivity contribution is 4.78. The van der Waals surface area contributed by atoms with Crippen molar-refractivity contribution in [3.05, 3.63) is 12.7 Å². The van der Waals surface area contributed by atoms with Crippen LogP contribution in [0.3, 0.4) is 0 Å². The average molecular weight is 170 g/mol. The quantitative estimate of drug-likeness (QED) is 0.400. The van der Waals surface area contributed by atoms with E-state index < -0.39 is 0 Å². The fourth-order valence-corrected chi connectivity index (χ4v) is 1.28. The second-order valence-electron chi connectivity index (χ2n) is 3.21. The van der Waals surface area contributed by atoms with Crippen molar-refractivity contribution in [2.75, 3.05) is 7.11 Å². The van der Waals surface area contributed by atoms with Crippen molar-refractivity contribution in [2.24, 2.45) is 0 Å². The van der Waals surface area contributed by atoms with Crippen LogP contribution in [0, 0.1) is 0 Å². The molecule has 0 bridgehead atoms. The lowest BCUT2D eigenvalue weighted by Gasteiger charge is -2.09. The van der Waals surface area contributed by atoms with Crippen LogP contribution in [-0.2, 0) is 4.74 Å². The molecule has 0 aliphatic heterocycles. The summed E-state index contributed by atoms with van der Waals surface area (Å²) >= 11 is 0. The molecule has 12 heavy (non-hydrogen) atoms. The summed E-state index contributed by atoms with van der Waals surface area (Å²) in [5, 5.41) is 0. The zero-order valence-corrected chi connectivity index (χ0v) is 8.51. The summed E-state index contributed by atoms with van der Waals surface area (Å²) in [6.45, 7) is 5.96. The van der Waals surface area contributed by atoms with E-state index in [1.165, 1.54) is 32.1 Å². The normalized spacial score (nSPS) is 12.8. The first-order chi connectivity index (χ1) is 5.85. The summed E-state index contributed by atoms with van der Waals surface area (Å²) in [5.74, 6) is 0. The van der Waals surface area contributed by atoms with Crippen molar-refractivity contribution in [3.8, 4) is 0 Å². The van der Waals surface area contributed by atoms with Crippen LogP contribution in [0.25, 0.3) is 0 Å². The van der Waals surface area contributed by atoms with Crippen molar-refractivity contribution >= 4 is 0 Å². The monoisotopic (exact) mass is 170 g/mol. The Labute approximate surface area is 76.8 Å². The lowest BCUT2D eigenvalue weighted by molar-refractivity contribution is 0.131. The fourth-order valence-electron chi connectivity index (χ4n) is 1.28. The molecule has 0 N–H and O–H groups in total. The summed E-state index contributed by atoms with van der Waals surface area (Å²) in [6, 6.07) is 0. The maximum absolute atomic E-state index is 5.19. The van der Waals surface area contributed by atoms with Crippen LogP contribution in [0.5, 0.6) is 0 Å². The Kier molecular flexibility index (Phi) is 8.57. The molecule has 0 saturated carbocycles. The highest BCUT2D eigenvalue weighted by atomic mass is 16.5. The molecule has 1 nitrogen and oxygen atoms in total. The third-order valence-corrected chi connectivity index (χ3v) is 2.16. The molecule has 0 unspecified atom stereocenters. The van der Waals surface area contributed by atoms with Gasteiger partial charge >= 0.3 is 0 Å². The summed E-state index contributed by atoms with van der Waals surface area (Å²) in [6.07, 6.45) is 9.94. The van der Waals surface area contributed by atoms with Crippen LogP contribution in [0.2, 0.25) is 0 Å². The van der Waals surface area contributed by atoms with E-state index in [9.17, 15) is 0 Å². The smallest absolute Gasteiger partial charge is 0.0749 e. The highest BCUT2D eigenvalue weighted by Crippen LogP contribution is 2.09. The van der Waals surface area contributed by atoms with Gasteiger partial charge in [0, 0.05) is 7.11 Å². The van der Waals surface area contributed by atoms with Gasteiger partial charge in [0.25, 0.3) is 0 Å². The van der Waals surface area contributed by atoms with Crippen LogP contribution in [-0.4, -0.2) is 13.2 Å². The van der Waals surface area contributed by atoms with Gasteiger partial charge in [0.1, 0.15) is 0 Å². The number of rotatable bonds is 8. The third-order valence-electron chi connectivity index (χ3n) is 2.16. The van der Waals surface area contributed by atoms with E-state index in [0.717, 1.165) is 6.42 Å². The van der Waals surface area contributed by atoms with E-state index >= 15 is 0 Å². The predicted octanol–water partition coefficient (Wildman–Crippen LogP) is 3.55. The van der Waals surface area contributed by atoms with Crippen LogP contribution in [0.15, 0.2) is 12.7 Å². The van der Waals surface area contributed by atoms with Gasteiger partial charge in [-0.1, -0.05) is 45.1 Å². The first kappa shape index (κ1) is 11.7. The summed E-state index contributed by atoms with van der Waals surface area (Å²) in [4.78, 5) is 0. The second kappa shape index (κ2) is 8.79. The van der Waals surface area contributed by atoms with Gasteiger partial charge in [-0.3, -0.25) is 0 Å². The molecule has 72 valence electrons. The van der Waals surface area contributed by atoms with Gasteiger partial charge in [-0.25, -0.2) is 0 Å². The molecule has 0 rings (SSSR count). The SMILES string of the molecule is C=C[C@H](CCCCCCC)OC. The maximum atomic E-state index is 5.19. The second-order valence-corrected chi connectivity index (χ2v) is 3.21. The molecule has 0 fully saturated rings. The number of methoxy groups -OCH3 is 1. The Balaban J connectivity index is 3.12. The molecule has 0 aromatic carbocycles. The molecule has 0 aliphatic rings. The van der Waals surface area contributed by atoms with Crippen LogP contribution in [0.1, 0.15) is 45.4 Å². The molecule has 0 radical (unpaired) electrons. The Morgan fingerprint density at radius 3 is 2.42 bits per heavy atom. The first-order valence-electron chi connectivity index (χ1n) is 5.00. The average Bonchev–Trinajstić information content (AvgIpc) is 2.11. The predicted molar refractivity (Wildman–Crippen MR) is 54.4 cm³/mol. The lowest BCUT2D eigenvalue weighted by Crippen LogP contribution is -2.05. The van der Waals surface area contributed by atoms with Gasteiger partial charge in [-0.2, -0.15) is 0 Å². The minimum absolute atomic E-state index is 0.270. The van der Waals surface area contributed by atoms with Crippen molar-refractivity contribution in [1.82, 2.24) is 0 Å². The first-order valence-corrected chi connectivity index (χ1v) is 5.00. The van der Waals surface area contributed by atoms with Crippen molar-refractivity contribution in [3.63, 3.8) is 0 Å². The molecule has 0 heterocycles. The topological polar surface area (TPSA) is 9.23 Å². The molecule has 0 spiro atoms. The molecular weight excluding hydrogens is 148 g/mol. The molecular formula is C11H22O. The van der Waals surface area contributed by atoms with Crippen molar-refractivity contribution < 1.29 is 4.74 Å². The number of unbranched alkanes of at least 4 members (excludes halogenated alkanes) is 4. The Morgan fingerprint density at radius 1 is 1.25 bits per heavy atom. The molecule has 0 aromatic rings. The minimum atomic E-state index is 0.270. The third kappa shape index (κ3) is 6.41. The van der Waals surface area contributed by atoms with E-state index in [-0.39, 0.29) is 6.10 Å². The van der Waals surface area contributed by atoms with Crippen LogP contribution < -0.4 is 0 Å². The molecule has 1 atom stereocenters.